The molecule has 5 N–H and O–H groups in total. The van der Waals surface area contributed by atoms with Crippen LogP contribution in [0.5, 0.6) is 0 Å². The molecule has 0 aliphatic rings. The van der Waals surface area contributed by atoms with E-state index in [1.54, 1.807) is 0 Å². The third kappa shape index (κ3) is 3.35. The van der Waals surface area contributed by atoms with E-state index in [1.807, 2.05) is 0 Å². The number of aldehydes is 1. The highest BCUT2D eigenvalue weighted by atomic mass is 31.3. The first kappa shape index (κ1) is 11.1. The minimum atomic E-state index is -4.97. The number of rotatable bonds is 3. The Balaban J connectivity index is 4.71. The molecular formula is C2H7O7P2+. The highest BCUT2D eigenvalue weighted by Crippen LogP contribution is 2.63. The normalized spacial score (nSPS) is 16.1. The third-order valence-corrected chi connectivity index (χ3v) is 4.30. The largest absolute Gasteiger partial charge is 0.427 e. The summed E-state index contributed by atoms with van der Waals surface area (Å²) in [7, 11) is -9.74. The molecule has 1 atom stereocenters. The Morgan fingerprint density at radius 1 is 1.27 bits per heavy atom. The maximum atomic E-state index is 10.2. The minimum absolute atomic E-state index is 0.380. The van der Waals surface area contributed by atoms with Crippen LogP contribution in [-0.4, -0.2) is 36.2 Å². The van der Waals surface area contributed by atoms with Crippen molar-refractivity contribution in [3.05, 3.63) is 0 Å². The Labute approximate surface area is 62.0 Å². The van der Waals surface area contributed by atoms with Crippen molar-refractivity contribution in [2.45, 2.75) is 5.40 Å². The maximum Gasteiger partial charge on any atom is 0.427 e. The van der Waals surface area contributed by atoms with Crippen LogP contribution >= 0.6 is 15.5 Å². The molecule has 7 nitrogen and oxygen atoms in total. The molecule has 0 fully saturated rings. The quantitative estimate of drug-likeness (QED) is 0.277. The molecule has 0 aromatic rings. The molecule has 0 amide bonds. The average molecular weight is 205 g/mol. The molecule has 0 aliphatic heterocycles. The van der Waals surface area contributed by atoms with Crippen molar-refractivity contribution in [2.24, 2.45) is 0 Å². The Kier molecular flexibility index (Phi) is 3.28. The molecule has 0 radical (unpaired) electrons. The van der Waals surface area contributed by atoms with E-state index in [0.29, 0.717) is 0 Å². The van der Waals surface area contributed by atoms with Crippen LogP contribution in [0.2, 0.25) is 0 Å². The fourth-order valence-corrected chi connectivity index (χ4v) is 2.30. The molecule has 0 aromatic heterocycles. The zero-order valence-electron chi connectivity index (χ0n) is 5.10. The van der Waals surface area contributed by atoms with E-state index in [-0.39, 0.29) is 6.29 Å². The van der Waals surface area contributed by atoms with E-state index >= 15 is 0 Å². The van der Waals surface area contributed by atoms with Gasteiger partial charge in [-0.2, -0.15) is 14.7 Å². The maximum absolute atomic E-state index is 10.2. The van der Waals surface area contributed by atoms with Gasteiger partial charge >= 0.3 is 20.9 Å². The molecule has 0 aliphatic carbocycles. The average Bonchev–Trinajstić information content (AvgIpc) is 1.56. The third-order valence-electron chi connectivity index (χ3n) is 0.821. The SMILES string of the molecule is O=CC(P(=O)(O)O)[P+](O)(O)O. The van der Waals surface area contributed by atoms with Gasteiger partial charge in [-0.1, -0.05) is 0 Å². The van der Waals surface area contributed by atoms with Crippen molar-refractivity contribution in [1.82, 2.24) is 0 Å². The Bertz CT molecular complexity index is 187. The van der Waals surface area contributed by atoms with Crippen LogP contribution < -0.4 is 0 Å². The van der Waals surface area contributed by atoms with E-state index in [9.17, 15) is 9.36 Å². The lowest BCUT2D eigenvalue weighted by Gasteiger charge is -2.11. The summed E-state index contributed by atoms with van der Waals surface area (Å²) in [5.74, 6) is 0. The highest BCUT2D eigenvalue weighted by Gasteiger charge is 2.54. The van der Waals surface area contributed by atoms with E-state index < -0.39 is 20.9 Å². The van der Waals surface area contributed by atoms with Crippen molar-refractivity contribution in [2.75, 3.05) is 0 Å². The van der Waals surface area contributed by atoms with E-state index in [4.69, 9.17) is 24.5 Å². The topological polar surface area (TPSA) is 135 Å². The number of hydrogen-bond acceptors (Lipinski definition) is 5. The Hall–Kier alpha value is 0.130. The molecule has 66 valence electrons. The van der Waals surface area contributed by atoms with Crippen LogP contribution in [0.15, 0.2) is 0 Å². The van der Waals surface area contributed by atoms with Gasteiger partial charge < -0.3 is 9.79 Å². The lowest BCUT2D eigenvalue weighted by atomic mass is 10.9. The molecule has 0 heterocycles. The summed E-state index contributed by atoms with van der Waals surface area (Å²) in [5, 5.41) is -2.42. The predicted molar refractivity (Wildman–Crippen MR) is 35.5 cm³/mol. The van der Waals surface area contributed by atoms with Gasteiger partial charge in [0.1, 0.15) is 0 Å². The van der Waals surface area contributed by atoms with Gasteiger partial charge in [0.15, 0.2) is 6.29 Å². The first-order chi connectivity index (χ1) is 4.69. The van der Waals surface area contributed by atoms with Crippen LogP contribution in [0.1, 0.15) is 0 Å². The summed E-state index contributed by atoms with van der Waals surface area (Å²) in [4.78, 5) is 51.3. The summed E-state index contributed by atoms with van der Waals surface area (Å²) in [6.07, 6.45) is -0.380. The Morgan fingerprint density at radius 2 is 1.64 bits per heavy atom. The van der Waals surface area contributed by atoms with Crippen molar-refractivity contribution in [3.8, 4) is 0 Å². The first-order valence-corrected chi connectivity index (χ1v) is 5.67. The zero-order chi connectivity index (χ0) is 9.28. The van der Waals surface area contributed by atoms with Crippen LogP contribution in [0.3, 0.4) is 0 Å². The fourth-order valence-electron chi connectivity index (χ4n) is 0.363. The number of carbonyl (C=O) groups is 1. The molecule has 0 spiro atoms. The summed E-state index contributed by atoms with van der Waals surface area (Å²) in [6, 6.07) is 0. The number of carbonyl (C=O) groups excluding carboxylic acids is 1. The van der Waals surface area contributed by atoms with Crippen molar-refractivity contribution < 1.29 is 33.8 Å². The van der Waals surface area contributed by atoms with Crippen LogP contribution in [0.25, 0.3) is 0 Å². The summed E-state index contributed by atoms with van der Waals surface area (Å²) in [5.41, 5.74) is 0. The van der Waals surface area contributed by atoms with Gasteiger partial charge in [-0.3, -0.25) is 9.36 Å². The second kappa shape index (κ2) is 3.25. The van der Waals surface area contributed by atoms with Crippen LogP contribution in [-0.2, 0) is 9.36 Å². The molecule has 0 bridgehead atoms. The smallest absolute Gasteiger partial charge is 0.321 e. The lowest BCUT2D eigenvalue weighted by Crippen LogP contribution is -2.14. The summed E-state index contributed by atoms with van der Waals surface area (Å²) in [6.45, 7) is 0. The fraction of sp³-hybridized carbons (Fsp3) is 0.500. The first-order valence-electron chi connectivity index (χ1n) is 2.27. The second-order valence-corrected chi connectivity index (χ2v) is 5.68. The molecule has 0 aromatic carbocycles. The second-order valence-electron chi connectivity index (χ2n) is 1.75. The molecule has 1 unspecified atom stereocenters. The minimum Gasteiger partial charge on any atom is -0.321 e. The van der Waals surface area contributed by atoms with Crippen LogP contribution in [0.4, 0.5) is 0 Å². The summed E-state index contributed by atoms with van der Waals surface area (Å²) >= 11 is 0. The van der Waals surface area contributed by atoms with Gasteiger partial charge in [-0.25, -0.2) is 0 Å². The molecule has 11 heavy (non-hydrogen) atoms. The standard InChI is InChI=1S/C2H6O7P2/c3-1-2(10(4,5)6)11(7,8)9/h1-2,4-6H,(H-,7,8,9)/p+1. The predicted octanol–water partition coefficient (Wildman–Crippen LogP) is -1.57. The molecular weight excluding hydrogens is 198 g/mol. The zero-order valence-corrected chi connectivity index (χ0v) is 6.89. The van der Waals surface area contributed by atoms with Gasteiger partial charge in [0.05, 0.1) is 0 Å². The van der Waals surface area contributed by atoms with Gasteiger partial charge in [0, 0.05) is 0 Å². The summed E-state index contributed by atoms with van der Waals surface area (Å²) < 4.78 is 10.2. The Morgan fingerprint density at radius 3 is 1.64 bits per heavy atom. The van der Waals surface area contributed by atoms with Gasteiger partial charge in [0.2, 0.25) is 0 Å². The monoisotopic (exact) mass is 205 g/mol. The van der Waals surface area contributed by atoms with Crippen molar-refractivity contribution in [1.29, 1.82) is 0 Å². The van der Waals surface area contributed by atoms with E-state index in [0.717, 1.165) is 0 Å². The van der Waals surface area contributed by atoms with E-state index in [2.05, 4.69) is 0 Å². The molecule has 0 rings (SSSR count). The molecule has 0 saturated heterocycles. The van der Waals surface area contributed by atoms with Gasteiger partial charge in [-0.15, -0.1) is 0 Å². The van der Waals surface area contributed by atoms with Crippen molar-refractivity contribution >= 4 is 21.8 Å². The van der Waals surface area contributed by atoms with Gasteiger partial charge in [0.25, 0.3) is 0 Å². The number of hydrogen-bond donors (Lipinski definition) is 5. The lowest BCUT2D eigenvalue weighted by molar-refractivity contribution is -0.106. The van der Waals surface area contributed by atoms with E-state index in [1.165, 1.54) is 0 Å². The molecule has 9 heteroatoms. The van der Waals surface area contributed by atoms with Crippen LogP contribution in [0, 0.1) is 0 Å². The van der Waals surface area contributed by atoms with Gasteiger partial charge in [-0.05, 0) is 0 Å². The highest BCUT2D eigenvalue weighted by molar-refractivity contribution is 7.75. The molecule has 0 saturated carbocycles. The van der Waals surface area contributed by atoms with Crippen molar-refractivity contribution in [3.63, 3.8) is 0 Å².